The maximum atomic E-state index is 11.8. The van der Waals surface area contributed by atoms with Crippen molar-refractivity contribution in [1.29, 1.82) is 0 Å². The smallest absolute Gasteiger partial charge is 0.407 e. The first-order valence-electron chi connectivity index (χ1n) is 9.97. The molecule has 30 heavy (non-hydrogen) atoms. The van der Waals surface area contributed by atoms with E-state index in [4.69, 9.17) is 4.74 Å². The molecule has 0 saturated carbocycles. The number of carbonyl (C=O) groups excluding carboxylic acids is 1. The summed E-state index contributed by atoms with van der Waals surface area (Å²) < 4.78 is 7.33. The summed E-state index contributed by atoms with van der Waals surface area (Å²) >= 11 is 0. The Kier molecular flexibility index (Phi) is 5.31. The van der Waals surface area contributed by atoms with E-state index >= 15 is 0 Å². The number of anilines is 1. The summed E-state index contributed by atoms with van der Waals surface area (Å²) in [6.07, 6.45) is 1.39. The van der Waals surface area contributed by atoms with Crippen LogP contribution in [0.3, 0.4) is 0 Å². The van der Waals surface area contributed by atoms with Crippen LogP contribution in [0.1, 0.15) is 19.4 Å². The summed E-state index contributed by atoms with van der Waals surface area (Å²) in [5, 5.41) is 6.88. The summed E-state index contributed by atoms with van der Waals surface area (Å²) in [6, 6.07) is 10.0. The molecule has 8 heteroatoms. The summed E-state index contributed by atoms with van der Waals surface area (Å²) in [6.45, 7) is 4.89. The molecule has 156 valence electrons. The number of ether oxygens (including phenoxy) is 1. The lowest BCUT2D eigenvalue weighted by Gasteiger charge is -2.09. The fraction of sp³-hybridized carbons (Fsp3) is 0.318. The number of benzene rings is 1. The van der Waals surface area contributed by atoms with Crippen LogP contribution in [0.5, 0.6) is 0 Å². The molecule has 8 nitrogen and oxygen atoms in total. The van der Waals surface area contributed by atoms with E-state index in [1.54, 1.807) is 6.33 Å². The molecule has 4 rings (SSSR count). The highest BCUT2D eigenvalue weighted by atomic mass is 16.5. The molecule has 0 fully saturated rings. The van der Waals surface area contributed by atoms with Gasteiger partial charge in [0.25, 0.3) is 0 Å². The van der Waals surface area contributed by atoms with Crippen LogP contribution in [0.2, 0.25) is 0 Å². The molecule has 0 aliphatic rings. The van der Waals surface area contributed by atoms with E-state index in [1.807, 2.05) is 56.8 Å². The third-order valence-corrected chi connectivity index (χ3v) is 4.94. The van der Waals surface area contributed by atoms with Gasteiger partial charge in [0.1, 0.15) is 17.8 Å². The number of aryl methyl sites for hydroxylation is 1. The third kappa shape index (κ3) is 3.80. The SMILES string of the molecule is CNc1nc2[nH]c(-c3cccc(COC(=O)NCC(C)C)c3)cc2c2c1ncn2C. The zero-order valence-electron chi connectivity index (χ0n) is 17.6. The number of imidazole rings is 1. The van der Waals surface area contributed by atoms with Gasteiger partial charge in [0.05, 0.1) is 11.8 Å². The van der Waals surface area contributed by atoms with Gasteiger partial charge in [-0.05, 0) is 29.2 Å². The molecular weight excluding hydrogens is 380 g/mol. The Hall–Kier alpha value is -3.55. The Balaban J connectivity index is 1.61. The van der Waals surface area contributed by atoms with Crippen LogP contribution in [0, 0.1) is 5.92 Å². The van der Waals surface area contributed by atoms with Crippen LogP contribution in [-0.4, -0.2) is 39.2 Å². The monoisotopic (exact) mass is 406 g/mol. The van der Waals surface area contributed by atoms with Crippen LogP contribution >= 0.6 is 0 Å². The quantitative estimate of drug-likeness (QED) is 0.449. The van der Waals surface area contributed by atoms with E-state index in [0.29, 0.717) is 12.5 Å². The highest BCUT2D eigenvalue weighted by Gasteiger charge is 2.15. The van der Waals surface area contributed by atoms with Crippen LogP contribution in [0.25, 0.3) is 33.3 Å². The van der Waals surface area contributed by atoms with Gasteiger partial charge in [-0.1, -0.05) is 32.0 Å². The molecule has 0 atom stereocenters. The minimum atomic E-state index is -0.401. The lowest BCUT2D eigenvalue weighted by Crippen LogP contribution is -2.27. The average Bonchev–Trinajstić information content (AvgIpc) is 3.33. The maximum Gasteiger partial charge on any atom is 0.407 e. The molecule has 1 amide bonds. The summed E-state index contributed by atoms with van der Waals surface area (Å²) in [7, 11) is 3.82. The molecule has 0 saturated heterocycles. The second-order valence-electron chi connectivity index (χ2n) is 7.76. The van der Waals surface area contributed by atoms with Crippen molar-refractivity contribution in [2.75, 3.05) is 18.9 Å². The minimum Gasteiger partial charge on any atom is -0.445 e. The number of aromatic nitrogens is 4. The molecular formula is C22H26N6O2. The molecule has 3 N–H and O–H groups in total. The molecule has 3 heterocycles. The van der Waals surface area contributed by atoms with E-state index in [1.165, 1.54) is 0 Å². The Morgan fingerprint density at radius 1 is 1.30 bits per heavy atom. The zero-order valence-corrected chi connectivity index (χ0v) is 17.6. The highest BCUT2D eigenvalue weighted by molar-refractivity contribution is 6.07. The predicted octanol–water partition coefficient (Wildman–Crippen LogP) is 4.04. The van der Waals surface area contributed by atoms with Crippen molar-refractivity contribution in [2.24, 2.45) is 13.0 Å². The van der Waals surface area contributed by atoms with Crippen molar-refractivity contribution in [3.63, 3.8) is 0 Å². The number of hydrogen-bond acceptors (Lipinski definition) is 5. The number of nitrogens with one attached hydrogen (secondary N) is 3. The zero-order chi connectivity index (χ0) is 21.3. The first-order chi connectivity index (χ1) is 14.5. The molecule has 0 radical (unpaired) electrons. The number of rotatable bonds is 6. The van der Waals surface area contributed by atoms with Crippen LogP contribution in [-0.2, 0) is 18.4 Å². The van der Waals surface area contributed by atoms with E-state index in [2.05, 4.69) is 31.7 Å². The van der Waals surface area contributed by atoms with E-state index in [0.717, 1.165) is 44.7 Å². The van der Waals surface area contributed by atoms with E-state index in [-0.39, 0.29) is 6.61 Å². The highest BCUT2D eigenvalue weighted by Crippen LogP contribution is 2.31. The largest absolute Gasteiger partial charge is 0.445 e. The number of nitrogens with zero attached hydrogens (tertiary/aromatic N) is 3. The fourth-order valence-electron chi connectivity index (χ4n) is 3.44. The van der Waals surface area contributed by atoms with Crippen LogP contribution in [0.4, 0.5) is 10.6 Å². The number of alkyl carbamates (subject to hydrolysis) is 1. The van der Waals surface area contributed by atoms with Crippen molar-refractivity contribution >= 4 is 34.0 Å². The average molecular weight is 406 g/mol. The van der Waals surface area contributed by atoms with Gasteiger partial charge in [0, 0.05) is 31.7 Å². The molecule has 3 aromatic heterocycles. The maximum absolute atomic E-state index is 11.8. The summed E-state index contributed by atoms with van der Waals surface area (Å²) in [4.78, 5) is 24.4. The molecule has 0 bridgehead atoms. The molecule has 1 aromatic carbocycles. The van der Waals surface area contributed by atoms with Gasteiger partial charge in [-0.15, -0.1) is 0 Å². The Labute approximate surface area is 174 Å². The standard InChI is InChI=1S/C22H26N6O2/c1-13(2)10-24-22(29)30-11-14-6-5-7-15(8-14)17-9-16-19-18(25-12-28(19)4)21(23-3)27-20(16)26-17/h5-9,12-13H,10-11H2,1-4H3,(H,24,29)(H2,23,26,27). The second kappa shape index (κ2) is 8.06. The van der Waals surface area contributed by atoms with Gasteiger partial charge < -0.3 is 24.9 Å². The minimum absolute atomic E-state index is 0.214. The third-order valence-electron chi connectivity index (χ3n) is 4.94. The van der Waals surface area contributed by atoms with Crippen molar-refractivity contribution in [2.45, 2.75) is 20.5 Å². The number of H-pyrrole nitrogens is 1. The molecule has 0 aliphatic heterocycles. The number of aromatic amines is 1. The summed E-state index contributed by atoms with van der Waals surface area (Å²) in [5.41, 5.74) is 5.51. The Bertz CT molecular complexity index is 1210. The van der Waals surface area contributed by atoms with Crippen molar-refractivity contribution in [1.82, 2.24) is 24.8 Å². The number of carbonyl (C=O) groups is 1. The van der Waals surface area contributed by atoms with Crippen LogP contribution < -0.4 is 10.6 Å². The number of hydrogen-bond donors (Lipinski definition) is 3. The van der Waals surface area contributed by atoms with Crippen LogP contribution in [0.15, 0.2) is 36.7 Å². The van der Waals surface area contributed by atoms with Gasteiger partial charge >= 0.3 is 6.09 Å². The number of pyridine rings is 1. The van der Waals surface area contributed by atoms with Gasteiger partial charge in [-0.2, -0.15) is 0 Å². The van der Waals surface area contributed by atoms with Crippen molar-refractivity contribution < 1.29 is 9.53 Å². The Morgan fingerprint density at radius 2 is 2.13 bits per heavy atom. The molecule has 0 spiro atoms. The van der Waals surface area contributed by atoms with Gasteiger partial charge in [-0.25, -0.2) is 14.8 Å². The molecule has 4 aromatic rings. The lowest BCUT2D eigenvalue weighted by atomic mass is 10.1. The Morgan fingerprint density at radius 3 is 2.90 bits per heavy atom. The predicted molar refractivity (Wildman–Crippen MR) is 118 cm³/mol. The van der Waals surface area contributed by atoms with E-state index in [9.17, 15) is 4.79 Å². The number of amides is 1. The first-order valence-corrected chi connectivity index (χ1v) is 9.97. The number of fused-ring (bicyclic) bond motifs is 3. The molecule has 0 aliphatic carbocycles. The second-order valence-corrected chi connectivity index (χ2v) is 7.76. The topological polar surface area (TPSA) is 96.9 Å². The fourth-order valence-corrected chi connectivity index (χ4v) is 3.44. The first kappa shape index (κ1) is 19.8. The normalized spacial score (nSPS) is 11.4. The van der Waals surface area contributed by atoms with Gasteiger partial charge in [-0.3, -0.25) is 0 Å². The summed E-state index contributed by atoms with van der Waals surface area (Å²) in [5.74, 6) is 1.12. The van der Waals surface area contributed by atoms with E-state index < -0.39 is 6.09 Å². The van der Waals surface area contributed by atoms with Crippen molar-refractivity contribution in [3.05, 3.63) is 42.2 Å². The van der Waals surface area contributed by atoms with Gasteiger partial charge in [0.15, 0.2) is 5.82 Å². The van der Waals surface area contributed by atoms with Crippen molar-refractivity contribution in [3.8, 4) is 11.3 Å². The lowest BCUT2D eigenvalue weighted by molar-refractivity contribution is 0.138. The molecule has 0 unspecified atom stereocenters. The van der Waals surface area contributed by atoms with Gasteiger partial charge in [0.2, 0.25) is 0 Å².